The predicted molar refractivity (Wildman–Crippen MR) is 116 cm³/mol. The number of quaternary nitrogens is 1. The van der Waals surface area contributed by atoms with E-state index in [9.17, 15) is 4.79 Å². The van der Waals surface area contributed by atoms with Crippen molar-refractivity contribution in [2.24, 2.45) is 7.05 Å². The first-order valence-electron chi connectivity index (χ1n) is 11.4. The van der Waals surface area contributed by atoms with E-state index in [1.54, 1.807) is 0 Å². The third kappa shape index (κ3) is 12.2. The Bertz CT molecular complexity index is 526. The number of aryl methyl sites for hydroxylation is 1. The van der Waals surface area contributed by atoms with Crippen LogP contribution in [0.15, 0.2) is 12.5 Å². The number of nitrogens with zero attached hydrogens (tertiary/aromatic N) is 3. The maximum absolute atomic E-state index is 12.0. The number of rotatable bonds is 17. The van der Waals surface area contributed by atoms with Crippen LogP contribution in [0.3, 0.4) is 0 Å². The van der Waals surface area contributed by atoms with Gasteiger partial charge in [0.2, 0.25) is 0 Å². The minimum Gasteiger partial charge on any atom is -0.466 e. The largest absolute Gasteiger partial charge is 0.466 e. The molecule has 0 aromatic carbocycles. The highest BCUT2D eigenvalue weighted by Crippen LogP contribution is 2.11. The average Bonchev–Trinajstić information content (AvgIpc) is 3.08. The lowest BCUT2D eigenvalue weighted by atomic mass is 10.1. The molecule has 162 valence electrons. The van der Waals surface area contributed by atoms with E-state index in [-0.39, 0.29) is 5.97 Å². The van der Waals surface area contributed by atoms with E-state index < -0.39 is 0 Å². The molecule has 5 nitrogen and oxygen atoms in total. The molecule has 0 fully saturated rings. The maximum atomic E-state index is 12.0. The number of imidazole rings is 1. The van der Waals surface area contributed by atoms with Crippen LogP contribution in [0.2, 0.25) is 0 Å². The minimum atomic E-state index is -0.0531. The van der Waals surface area contributed by atoms with Gasteiger partial charge >= 0.3 is 5.97 Å². The molecule has 1 rings (SSSR count). The number of unbranched alkanes of at least 4 members (excludes halogenated alkanes) is 9. The van der Waals surface area contributed by atoms with Crippen LogP contribution in [0.1, 0.15) is 83.2 Å². The van der Waals surface area contributed by atoms with Gasteiger partial charge in [0, 0.05) is 25.4 Å². The number of esters is 1. The fourth-order valence-corrected chi connectivity index (χ4v) is 3.40. The highest BCUT2D eigenvalue weighted by molar-refractivity contribution is 5.69. The Morgan fingerprint density at radius 1 is 1.00 bits per heavy atom. The van der Waals surface area contributed by atoms with E-state index in [1.807, 2.05) is 19.6 Å². The number of hydrogen-bond donors (Lipinski definition) is 0. The van der Waals surface area contributed by atoms with Gasteiger partial charge in [-0.1, -0.05) is 64.7 Å². The summed E-state index contributed by atoms with van der Waals surface area (Å²) < 4.78 is 8.29. The molecule has 5 heteroatoms. The Morgan fingerprint density at radius 2 is 1.61 bits per heavy atom. The average molecular weight is 395 g/mol. The summed E-state index contributed by atoms with van der Waals surface area (Å²) in [5.74, 6) is -0.0531. The number of carbonyl (C=O) groups is 1. The summed E-state index contributed by atoms with van der Waals surface area (Å²) in [6.45, 7) is 4.65. The van der Waals surface area contributed by atoms with Gasteiger partial charge in [-0.25, -0.2) is 4.98 Å². The molecule has 0 saturated heterocycles. The second kappa shape index (κ2) is 14.6. The molecule has 0 N–H and O–H groups in total. The van der Waals surface area contributed by atoms with Gasteiger partial charge in [0.05, 0.1) is 46.5 Å². The summed E-state index contributed by atoms with van der Waals surface area (Å²) in [7, 11) is 6.37. The monoisotopic (exact) mass is 394 g/mol. The van der Waals surface area contributed by atoms with E-state index in [1.165, 1.54) is 63.5 Å². The molecule has 1 heterocycles. The molecule has 0 atom stereocenters. The normalized spacial score (nSPS) is 11.7. The lowest BCUT2D eigenvalue weighted by Gasteiger charge is -2.29. The van der Waals surface area contributed by atoms with Crippen LogP contribution < -0.4 is 0 Å². The van der Waals surface area contributed by atoms with Crippen molar-refractivity contribution in [2.75, 3.05) is 33.8 Å². The van der Waals surface area contributed by atoms with Crippen molar-refractivity contribution in [3.05, 3.63) is 18.2 Å². The molecule has 0 spiro atoms. The molecule has 0 aliphatic carbocycles. The standard InChI is InChI=1S/C23H44N3O2/c1-5-6-7-8-9-10-11-12-13-14-19-28-23(27)16-18-26(3,4)17-15-22-20-24-21-25(22)2/h20-21H,5-19H2,1-4H3/q+1. The molecule has 1 aromatic rings. The predicted octanol–water partition coefficient (Wildman–Crippen LogP) is 4.89. The highest BCUT2D eigenvalue weighted by atomic mass is 16.5. The topological polar surface area (TPSA) is 44.1 Å². The van der Waals surface area contributed by atoms with Crippen LogP contribution in [-0.2, 0) is 23.0 Å². The molecule has 1 aromatic heterocycles. The second-order valence-corrected chi connectivity index (χ2v) is 8.78. The number of hydrogen-bond acceptors (Lipinski definition) is 3. The van der Waals surface area contributed by atoms with Crippen LogP contribution in [0, 0.1) is 0 Å². The van der Waals surface area contributed by atoms with E-state index in [0.29, 0.717) is 13.0 Å². The van der Waals surface area contributed by atoms with Crippen LogP contribution in [-0.4, -0.2) is 53.8 Å². The van der Waals surface area contributed by atoms with Crippen LogP contribution in [0.4, 0.5) is 0 Å². The van der Waals surface area contributed by atoms with Crippen molar-refractivity contribution in [3.63, 3.8) is 0 Å². The zero-order chi connectivity index (χ0) is 20.7. The Morgan fingerprint density at radius 3 is 2.18 bits per heavy atom. The Labute approximate surface area is 173 Å². The molecule has 0 aliphatic heterocycles. The molecule has 0 saturated carbocycles. The minimum absolute atomic E-state index is 0.0531. The van der Waals surface area contributed by atoms with Crippen molar-refractivity contribution in [1.29, 1.82) is 0 Å². The summed E-state index contributed by atoms with van der Waals surface area (Å²) in [5.41, 5.74) is 1.23. The molecule has 0 unspecified atom stereocenters. The highest BCUT2D eigenvalue weighted by Gasteiger charge is 2.18. The van der Waals surface area contributed by atoms with E-state index >= 15 is 0 Å². The van der Waals surface area contributed by atoms with Crippen LogP contribution >= 0.6 is 0 Å². The van der Waals surface area contributed by atoms with Gasteiger partial charge in [0.1, 0.15) is 0 Å². The smallest absolute Gasteiger partial charge is 0.311 e. The quantitative estimate of drug-likeness (QED) is 0.215. The lowest BCUT2D eigenvalue weighted by Crippen LogP contribution is -2.43. The molecule has 28 heavy (non-hydrogen) atoms. The molecule has 0 bridgehead atoms. The molecular weight excluding hydrogens is 350 g/mol. The first-order valence-corrected chi connectivity index (χ1v) is 11.4. The number of carbonyl (C=O) groups excluding carboxylic acids is 1. The summed E-state index contributed by atoms with van der Waals surface area (Å²) in [6, 6.07) is 0. The van der Waals surface area contributed by atoms with E-state index in [2.05, 4.69) is 30.6 Å². The van der Waals surface area contributed by atoms with Gasteiger partial charge in [-0.15, -0.1) is 0 Å². The Balaban J connectivity index is 1.97. The summed E-state index contributed by atoms with van der Waals surface area (Å²) in [4.78, 5) is 16.1. The SMILES string of the molecule is CCCCCCCCCCCCOC(=O)CC[N+](C)(C)CCc1cncn1C. The zero-order valence-electron chi connectivity index (χ0n) is 18.9. The Hall–Kier alpha value is -1.36. The first kappa shape index (κ1) is 24.7. The zero-order valence-corrected chi connectivity index (χ0v) is 18.9. The molecule has 0 amide bonds. The summed E-state index contributed by atoms with van der Waals surface area (Å²) >= 11 is 0. The van der Waals surface area contributed by atoms with Gasteiger partial charge < -0.3 is 13.8 Å². The number of likely N-dealkylation sites (N-methyl/N-ethyl adjacent to an activating group) is 1. The fourth-order valence-electron chi connectivity index (χ4n) is 3.40. The first-order chi connectivity index (χ1) is 13.4. The summed E-state index contributed by atoms with van der Waals surface area (Å²) in [5, 5.41) is 0. The van der Waals surface area contributed by atoms with Gasteiger partial charge in [0.25, 0.3) is 0 Å². The Kier molecular flexibility index (Phi) is 12.9. The van der Waals surface area contributed by atoms with Crippen LogP contribution in [0.25, 0.3) is 0 Å². The number of aromatic nitrogens is 2. The van der Waals surface area contributed by atoms with Crippen molar-refractivity contribution in [1.82, 2.24) is 9.55 Å². The van der Waals surface area contributed by atoms with Gasteiger partial charge in [-0.3, -0.25) is 4.79 Å². The maximum Gasteiger partial charge on any atom is 0.311 e. The van der Waals surface area contributed by atoms with Crippen LogP contribution in [0.5, 0.6) is 0 Å². The third-order valence-corrected chi connectivity index (χ3v) is 5.57. The fraction of sp³-hybridized carbons (Fsp3) is 0.826. The number of ether oxygens (including phenoxy) is 1. The summed E-state index contributed by atoms with van der Waals surface area (Å²) in [6.07, 6.45) is 18.2. The van der Waals surface area contributed by atoms with Crippen molar-refractivity contribution < 1.29 is 14.0 Å². The van der Waals surface area contributed by atoms with E-state index in [4.69, 9.17) is 4.74 Å². The van der Waals surface area contributed by atoms with Crippen molar-refractivity contribution in [2.45, 2.75) is 84.0 Å². The van der Waals surface area contributed by atoms with Crippen molar-refractivity contribution in [3.8, 4) is 0 Å². The van der Waals surface area contributed by atoms with Gasteiger partial charge in [-0.2, -0.15) is 0 Å². The van der Waals surface area contributed by atoms with E-state index in [0.717, 1.165) is 30.4 Å². The second-order valence-electron chi connectivity index (χ2n) is 8.78. The lowest BCUT2D eigenvalue weighted by molar-refractivity contribution is -0.889. The third-order valence-electron chi connectivity index (χ3n) is 5.57. The van der Waals surface area contributed by atoms with Crippen molar-refractivity contribution >= 4 is 5.97 Å². The molecular formula is C23H44N3O2+. The van der Waals surface area contributed by atoms with Gasteiger partial charge in [0.15, 0.2) is 0 Å². The molecule has 0 aliphatic rings. The molecule has 0 radical (unpaired) electrons. The van der Waals surface area contributed by atoms with Gasteiger partial charge in [-0.05, 0) is 6.42 Å².